The lowest BCUT2D eigenvalue weighted by Gasteiger charge is -2.19. The van der Waals surface area contributed by atoms with Crippen molar-refractivity contribution in [3.63, 3.8) is 0 Å². The van der Waals surface area contributed by atoms with Crippen LogP contribution in [0.5, 0.6) is 5.75 Å². The molecule has 0 radical (unpaired) electrons. The highest BCUT2D eigenvalue weighted by Gasteiger charge is 2.20. The van der Waals surface area contributed by atoms with Crippen LogP contribution in [0.3, 0.4) is 0 Å². The van der Waals surface area contributed by atoms with E-state index in [-0.39, 0.29) is 11.9 Å². The minimum atomic E-state index is -0.740. The van der Waals surface area contributed by atoms with Crippen molar-refractivity contribution in [3.05, 3.63) is 47.8 Å². The number of hydrogen-bond donors (Lipinski definition) is 2. The molecule has 0 saturated heterocycles. The molecule has 2 aromatic rings. The number of aromatic nitrogens is 2. The molecular weight excluding hydrogens is 268 g/mol. The molecule has 2 atom stereocenters. The van der Waals surface area contributed by atoms with Crippen molar-refractivity contribution < 1.29 is 9.53 Å². The van der Waals surface area contributed by atoms with Crippen LogP contribution >= 0.6 is 0 Å². The van der Waals surface area contributed by atoms with Gasteiger partial charge in [0.1, 0.15) is 11.8 Å². The van der Waals surface area contributed by atoms with Gasteiger partial charge in [0.15, 0.2) is 0 Å². The average Bonchev–Trinajstić information content (AvgIpc) is 2.92. The first-order chi connectivity index (χ1) is 10.0. The molecule has 1 unspecified atom stereocenters. The van der Waals surface area contributed by atoms with E-state index in [2.05, 4.69) is 10.4 Å². The van der Waals surface area contributed by atoms with E-state index in [1.165, 1.54) is 0 Å². The molecule has 1 amide bonds. The van der Waals surface area contributed by atoms with Crippen molar-refractivity contribution in [1.29, 1.82) is 0 Å². The highest BCUT2D eigenvalue weighted by molar-refractivity contribution is 5.83. The van der Waals surface area contributed by atoms with Crippen molar-refractivity contribution >= 4 is 5.91 Å². The van der Waals surface area contributed by atoms with Crippen LogP contribution in [0.15, 0.2) is 36.7 Å². The van der Waals surface area contributed by atoms with Gasteiger partial charge in [0, 0.05) is 24.4 Å². The number of carbonyl (C=O) groups excluding carboxylic acids is 1. The van der Waals surface area contributed by atoms with Gasteiger partial charge in [-0.25, -0.2) is 0 Å². The van der Waals surface area contributed by atoms with E-state index in [1.54, 1.807) is 31.2 Å². The second kappa shape index (κ2) is 6.41. The van der Waals surface area contributed by atoms with Crippen LogP contribution in [-0.4, -0.2) is 22.8 Å². The molecule has 0 aliphatic rings. The molecule has 3 N–H and O–H groups in total. The summed E-state index contributed by atoms with van der Waals surface area (Å²) in [5.41, 5.74) is 7.54. The molecule has 1 aromatic heterocycles. The first kappa shape index (κ1) is 15.1. The molecule has 0 aliphatic carbocycles. The summed E-state index contributed by atoms with van der Waals surface area (Å²) in [6.45, 7) is 1.89. The van der Waals surface area contributed by atoms with Gasteiger partial charge in [-0.3, -0.25) is 9.48 Å². The van der Waals surface area contributed by atoms with Crippen LogP contribution in [-0.2, 0) is 11.8 Å². The third-order valence-electron chi connectivity index (χ3n) is 3.33. The predicted octanol–water partition coefficient (Wildman–Crippen LogP) is 1.31. The maximum absolute atomic E-state index is 12.2. The fraction of sp³-hybridized carbons (Fsp3) is 0.333. The van der Waals surface area contributed by atoms with Crippen molar-refractivity contribution in [2.75, 3.05) is 7.11 Å². The van der Waals surface area contributed by atoms with E-state index in [1.807, 2.05) is 31.2 Å². The number of benzene rings is 1. The van der Waals surface area contributed by atoms with Crippen molar-refractivity contribution in [2.24, 2.45) is 12.8 Å². The zero-order valence-corrected chi connectivity index (χ0v) is 12.4. The summed E-state index contributed by atoms with van der Waals surface area (Å²) in [5.74, 6) is 0.488. The van der Waals surface area contributed by atoms with Crippen LogP contribution in [0.25, 0.3) is 0 Å². The lowest BCUT2D eigenvalue weighted by atomic mass is 10.1. The normalized spacial score (nSPS) is 13.5. The minimum absolute atomic E-state index is 0.198. The van der Waals surface area contributed by atoms with E-state index in [0.29, 0.717) is 5.56 Å². The Hall–Kier alpha value is -2.34. The van der Waals surface area contributed by atoms with Crippen LogP contribution in [0, 0.1) is 0 Å². The third-order valence-corrected chi connectivity index (χ3v) is 3.33. The van der Waals surface area contributed by atoms with E-state index < -0.39 is 6.04 Å². The zero-order chi connectivity index (χ0) is 15.4. The van der Waals surface area contributed by atoms with Crippen LogP contribution in [0.1, 0.15) is 30.1 Å². The summed E-state index contributed by atoms with van der Waals surface area (Å²) in [4.78, 5) is 12.2. The molecule has 0 spiro atoms. The monoisotopic (exact) mass is 288 g/mol. The Bertz CT molecular complexity index is 624. The number of amides is 1. The fourth-order valence-corrected chi connectivity index (χ4v) is 2.16. The molecule has 0 bridgehead atoms. The summed E-state index contributed by atoms with van der Waals surface area (Å²) in [7, 11) is 3.39. The van der Waals surface area contributed by atoms with Gasteiger partial charge in [-0.15, -0.1) is 0 Å². The van der Waals surface area contributed by atoms with Gasteiger partial charge in [-0.05, 0) is 13.0 Å². The second-order valence-electron chi connectivity index (χ2n) is 4.90. The Morgan fingerprint density at radius 1 is 1.43 bits per heavy atom. The molecule has 0 fully saturated rings. The zero-order valence-electron chi connectivity index (χ0n) is 12.4. The number of nitrogens with one attached hydrogen (secondary N) is 1. The average molecular weight is 288 g/mol. The first-order valence-corrected chi connectivity index (χ1v) is 6.70. The number of nitrogens with two attached hydrogens (primary N) is 1. The molecule has 1 aromatic carbocycles. The van der Waals surface area contributed by atoms with E-state index in [0.717, 1.165) is 11.3 Å². The van der Waals surface area contributed by atoms with Crippen LogP contribution in [0.4, 0.5) is 0 Å². The van der Waals surface area contributed by atoms with E-state index >= 15 is 0 Å². The largest absolute Gasteiger partial charge is 0.496 e. The van der Waals surface area contributed by atoms with Gasteiger partial charge in [-0.1, -0.05) is 18.2 Å². The summed E-state index contributed by atoms with van der Waals surface area (Å²) in [6.07, 6.45) is 3.33. The predicted molar refractivity (Wildman–Crippen MR) is 79.7 cm³/mol. The summed E-state index contributed by atoms with van der Waals surface area (Å²) >= 11 is 0. The Morgan fingerprint density at radius 2 is 2.14 bits per heavy atom. The van der Waals surface area contributed by atoms with E-state index in [9.17, 15) is 4.79 Å². The Labute approximate surface area is 123 Å². The smallest absolute Gasteiger partial charge is 0.242 e. The summed E-state index contributed by atoms with van der Waals surface area (Å²) in [6, 6.07) is 6.63. The number of para-hydroxylation sites is 1. The van der Waals surface area contributed by atoms with Gasteiger partial charge in [-0.2, -0.15) is 5.10 Å². The standard InChI is InChI=1S/C15H20N4O2/c1-10(12-6-4-5-7-13(12)21-3)18-15(20)14(16)11-8-17-19(2)9-11/h4-10,14H,16H2,1-3H3,(H,18,20)/t10-,14?/m0/s1. The molecule has 6 heteroatoms. The van der Waals surface area contributed by atoms with Crippen LogP contribution < -0.4 is 15.8 Å². The molecule has 0 aliphatic heterocycles. The number of nitrogens with zero attached hydrogens (tertiary/aromatic N) is 2. The topological polar surface area (TPSA) is 82.2 Å². The first-order valence-electron chi connectivity index (χ1n) is 6.70. The molecule has 2 rings (SSSR count). The molecule has 112 valence electrons. The number of carbonyl (C=O) groups is 1. The van der Waals surface area contributed by atoms with Crippen molar-refractivity contribution in [3.8, 4) is 5.75 Å². The Balaban J connectivity index is 2.08. The maximum atomic E-state index is 12.2. The highest BCUT2D eigenvalue weighted by atomic mass is 16.5. The van der Waals surface area contributed by atoms with Gasteiger partial charge >= 0.3 is 0 Å². The maximum Gasteiger partial charge on any atom is 0.242 e. The lowest BCUT2D eigenvalue weighted by molar-refractivity contribution is -0.123. The minimum Gasteiger partial charge on any atom is -0.496 e. The molecular formula is C15H20N4O2. The van der Waals surface area contributed by atoms with Gasteiger partial charge in [0.05, 0.1) is 19.3 Å². The number of methoxy groups -OCH3 is 1. The quantitative estimate of drug-likeness (QED) is 0.869. The second-order valence-corrected chi connectivity index (χ2v) is 4.90. The number of ether oxygens (including phenoxy) is 1. The molecule has 0 saturated carbocycles. The SMILES string of the molecule is COc1ccccc1[C@H](C)NC(=O)C(N)c1cnn(C)c1. The fourth-order valence-electron chi connectivity index (χ4n) is 2.16. The Kier molecular flexibility index (Phi) is 4.59. The van der Waals surface area contributed by atoms with E-state index in [4.69, 9.17) is 10.5 Å². The number of rotatable bonds is 5. The Morgan fingerprint density at radius 3 is 2.76 bits per heavy atom. The molecule has 6 nitrogen and oxygen atoms in total. The number of hydrogen-bond acceptors (Lipinski definition) is 4. The van der Waals surface area contributed by atoms with Gasteiger partial charge in [0.2, 0.25) is 5.91 Å². The lowest BCUT2D eigenvalue weighted by Crippen LogP contribution is -2.35. The number of aryl methyl sites for hydroxylation is 1. The summed E-state index contributed by atoms with van der Waals surface area (Å²) < 4.78 is 6.92. The highest BCUT2D eigenvalue weighted by Crippen LogP contribution is 2.24. The molecule has 1 heterocycles. The van der Waals surface area contributed by atoms with Crippen LogP contribution in [0.2, 0.25) is 0 Å². The van der Waals surface area contributed by atoms with Crippen molar-refractivity contribution in [1.82, 2.24) is 15.1 Å². The molecule has 21 heavy (non-hydrogen) atoms. The van der Waals surface area contributed by atoms with Gasteiger partial charge < -0.3 is 15.8 Å². The van der Waals surface area contributed by atoms with Gasteiger partial charge in [0.25, 0.3) is 0 Å². The summed E-state index contributed by atoms with van der Waals surface area (Å²) in [5, 5.41) is 6.92. The third kappa shape index (κ3) is 3.41. The van der Waals surface area contributed by atoms with Crippen molar-refractivity contribution in [2.45, 2.75) is 19.0 Å².